The number of nitrogens with one attached hydrogen (secondary N) is 1. The molecule has 1 fully saturated rings. The summed E-state index contributed by atoms with van der Waals surface area (Å²) in [6, 6.07) is 2.91. The van der Waals surface area contributed by atoms with E-state index in [9.17, 15) is 35.2 Å². The lowest BCUT2D eigenvalue weighted by atomic mass is 10.0. The molecule has 1 N–H and O–H groups in total. The topological polar surface area (TPSA) is 96.3 Å². The Morgan fingerprint density at radius 2 is 2.00 bits per heavy atom. The van der Waals surface area contributed by atoms with Crippen LogP contribution in [0.4, 0.5) is 22.0 Å². The van der Waals surface area contributed by atoms with Crippen molar-refractivity contribution in [3.05, 3.63) is 51.8 Å². The summed E-state index contributed by atoms with van der Waals surface area (Å²) in [5.74, 6) is -2.98. The van der Waals surface area contributed by atoms with Crippen LogP contribution in [-0.4, -0.2) is 40.9 Å². The van der Waals surface area contributed by atoms with Crippen LogP contribution in [-0.2, 0) is 16.6 Å². The van der Waals surface area contributed by atoms with Gasteiger partial charge in [-0.25, -0.2) is 27.1 Å². The van der Waals surface area contributed by atoms with E-state index in [-0.39, 0.29) is 36.2 Å². The van der Waals surface area contributed by atoms with Gasteiger partial charge in [0.05, 0.1) is 12.2 Å². The summed E-state index contributed by atoms with van der Waals surface area (Å²) < 4.78 is 92.2. The number of benzene rings is 1. The second-order valence-electron chi connectivity index (χ2n) is 7.46. The van der Waals surface area contributed by atoms with E-state index >= 15 is 0 Å². The van der Waals surface area contributed by atoms with Crippen molar-refractivity contribution in [2.75, 3.05) is 5.75 Å². The van der Waals surface area contributed by atoms with Gasteiger partial charge in [0.2, 0.25) is 15.9 Å². The zero-order chi connectivity index (χ0) is 24.1. The van der Waals surface area contributed by atoms with Crippen molar-refractivity contribution < 1.29 is 34.8 Å². The third-order valence-electron chi connectivity index (χ3n) is 4.98. The number of rotatable bonds is 5. The standard InChI is InChI=1S/C12H15F2NO2S.C7H9F3N2O2/c1-9-3-2-6-18(16,17)15(9)8-10-7-11(13)4-5-12(10)14;1-2-4(3-7(8,9)10)5-11-12-6(13)14-5/h4-5,7,9H,2-3,6,8H2,1H3;4H,2-3H2,1H3,(H,12,13)/t9-;4-/m01/s1. The Labute approximate surface area is 181 Å². The first-order chi connectivity index (χ1) is 14.8. The van der Waals surface area contributed by atoms with E-state index in [1.807, 2.05) is 5.10 Å². The van der Waals surface area contributed by atoms with Crippen LogP contribution in [0.25, 0.3) is 0 Å². The second-order valence-corrected chi connectivity index (χ2v) is 9.51. The highest BCUT2D eigenvalue weighted by molar-refractivity contribution is 7.89. The molecule has 1 saturated heterocycles. The average Bonchev–Trinajstić information content (AvgIpc) is 3.11. The van der Waals surface area contributed by atoms with E-state index in [1.54, 1.807) is 13.8 Å². The van der Waals surface area contributed by atoms with Gasteiger partial charge in [0.15, 0.2) is 0 Å². The van der Waals surface area contributed by atoms with Crippen molar-refractivity contribution >= 4 is 10.0 Å². The summed E-state index contributed by atoms with van der Waals surface area (Å²) in [6.45, 7) is 3.26. The Balaban J connectivity index is 0.000000235. The van der Waals surface area contributed by atoms with Gasteiger partial charge >= 0.3 is 11.9 Å². The van der Waals surface area contributed by atoms with E-state index < -0.39 is 45.9 Å². The van der Waals surface area contributed by atoms with Crippen LogP contribution in [0.1, 0.15) is 56.9 Å². The van der Waals surface area contributed by atoms with Gasteiger partial charge in [-0.2, -0.15) is 17.5 Å². The number of sulfonamides is 1. The van der Waals surface area contributed by atoms with E-state index in [0.29, 0.717) is 6.42 Å². The van der Waals surface area contributed by atoms with Gasteiger partial charge < -0.3 is 4.42 Å². The minimum atomic E-state index is -4.28. The second kappa shape index (κ2) is 10.6. The fourth-order valence-corrected chi connectivity index (χ4v) is 5.04. The maximum Gasteiger partial charge on any atom is 0.434 e. The molecule has 3 rings (SSSR count). The summed E-state index contributed by atoms with van der Waals surface area (Å²) in [5, 5.41) is 5.30. The zero-order valence-corrected chi connectivity index (χ0v) is 18.3. The summed E-state index contributed by atoms with van der Waals surface area (Å²) in [4.78, 5) is 10.5. The molecular weight excluding hydrogens is 461 g/mol. The van der Waals surface area contributed by atoms with Gasteiger partial charge in [-0.3, -0.25) is 0 Å². The quantitative estimate of drug-likeness (QED) is 0.644. The molecule has 0 radical (unpaired) electrons. The highest BCUT2D eigenvalue weighted by atomic mass is 32.2. The van der Waals surface area contributed by atoms with Crippen molar-refractivity contribution in [2.45, 2.75) is 64.2 Å². The van der Waals surface area contributed by atoms with Crippen LogP contribution >= 0.6 is 0 Å². The first-order valence-electron chi connectivity index (χ1n) is 9.88. The van der Waals surface area contributed by atoms with Crippen molar-refractivity contribution in [3.8, 4) is 0 Å². The summed E-state index contributed by atoms with van der Waals surface area (Å²) in [7, 11) is -3.36. The van der Waals surface area contributed by atoms with E-state index in [0.717, 1.165) is 24.6 Å². The van der Waals surface area contributed by atoms with Crippen LogP contribution in [0.5, 0.6) is 0 Å². The van der Waals surface area contributed by atoms with Gasteiger partial charge in [-0.1, -0.05) is 6.92 Å². The number of aromatic nitrogens is 2. The molecule has 2 aromatic rings. The molecule has 1 aromatic carbocycles. The molecule has 0 bridgehead atoms. The van der Waals surface area contributed by atoms with Crippen LogP contribution in [0.3, 0.4) is 0 Å². The largest absolute Gasteiger partial charge is 0.434 e. The lowest BCUT2D eigenvalue weighted by molar-refractivity contribution is -0.140. The van der Waals surface area contributed by atoms with Crippen molar-refractivity contribution in [3.63, 3.8) is 0 Å². The molecule has 7 nitrogen and oxygen atoms in total. The minimum Gasteiger partial charge on any atom is -0.392 e. The first-order valence-corrected chi connectivity index (χ1v) is 11.5. The predicted molar refractivity (Wildman–Crippen MR) is 105 cm³/mol. The number of alkyl halides is 3. The van der Waals surface area contributed by atoms with E-state index in [4.69, 9.17) is 0 Å². The molecule has 32 heavy (non-hydrogen) atoms. The Hall–Kier alpha value is -2.28. The molecular formula is C19H24F5N3O4S. The number of aromatic amines is 1. The molecule has 0 spiro atoms. The van der Waals surface area contributed by atoms with Crippen LogP contribution in [0.15, 0.2) is 27.4 Å². The Morgan fingerprint density at radius 1 is 1.31 bits per heavy atom. The number of hydrogen-bond donors (Lipinski definition) is 1. The minimum absolute atomic E-state index is 0.0762. The van der Waals surface area contributed by atoms with Crippen molar-refractivity contribution in [1.82, 2.24) is 14.5 Å². The van der Waals surface area contributed by atoms with E-state index in [1.165, 1.54) is 4.31 Å². The highest BCUT2D eigenvalue weighted by Gasteiger charge is 2.34. The molecule has 0 unspecified atom stereocenters. The van der Waals surface area contributed by atoms with Gasteiger partial charge in [-0.05, 0) is 44.4 Å². The Kier molecular flexibility index (Phi) is 8.57. The molecule has 0 aliphatic carbocycles. The fraction of sp³-hybridized carbons (Fsp3) is 0.579. The number of nitrogens with zero attached hydrogens (tertiary/aromatic N) is 2. The normalized spacial score (nSPS) is 19.8. The van der Waals surface area contributed by atoms with Gasteiger partial charge in [0.1, 0.15) is 11.6 Å². The number of hydrogen-bond acceptors (Lipinski definition) is 5. The summed E-state index contributed by atoms with van der Waals surface area (Å²) in [5.41, 5.74) is 0.0762. The third kappa shape index (κ3) is 7.40. The Bertz CT molecular complexity index is 1050. The molecule has 2 heterocycles. The molecule has 2 atom stereocenters. The number of H-pyrrole nitrogens is 1. The first kappa shape index (κ1) is 26.0. The van der Waals surface area contributed by atoms with E-state index in [2.05, 4.69) is 9.52 Å². The molecule has 1 aliphatic rings. The van der Waals surface area contributed by atoms with Gasteiger partial charge in [0, 0.05) is 24.1 Å². The lowest BCUT2D eigenvalue weighted by Gasteiger charge is -2.32. The molecule has 1 aromatic heterocycles. The molecule has 0 amide bonds. The van der Waals surface area contributed by atoms with Crippen LogP contribution in [0, 0.1) is 11.6 Å². The van der Waals surface area contributed by atoms with Crippen LogP contribution < -0.4 is 5.76 Å². The predicted octanol–water partition coefficient (Wildman–Crippen LogP) is 4.09. The molecule has 180 valence electrons. The van der Waals surface area contributed by atoms with Crippen molar-refractivity contribution in [1.29, 1.82) is 0 Å². The molecule has 1 aliphatic heterocycles. The number of halogens is 5. The SMILES string of the molecule is CC[C@H](CC(F)(F)F)c1n[nH]c(=O)o1.C[C@H]1CCCS(=O)(=O)N1Cc1cc(F)ccc1F. The van der Waals surface area contributed by atoms with Crippen molar-refractivity contribution in [2.24, 2.45) is 0 Å². The summed E-state index contributed by atoms with van der Waals surface area (Å²) >= 11 is 0. The average molecular weight is 485 g/mol. The maximum atomic E-state index is 13.5. The zero-order valence-electron chi connectivity index (χ0n) is 17.5. The van der Waals surface area contributed by atoms with Crippen LogP contribution in [0.2, 0.25) is 0 Å². The smallest absolute Gasteiger partial charge is 0.392 e. The van der Waals surface area contributed by atoms with Gasteiger partial charge in [-0.15, -0.1) is 5.10 Å². The summed E-state index contributed by atoms with van der Waals surface area (Å²) in [6.07, 6.45) is -3.73. The fourth-order valence-electron chi connectivity index (χ4n) is 3.28. The molecule has 13 heteroatoms. The maximum absolute atomic E-state index is 13.5. The Morgan fingerprint density at radius 3 is 2.53 bits per heavy atom. The monoisotopic (exact) mass is 485 g/mol. The van der Waals surface area contributed by atoms with Gasteiger partial charge in [0.25, 0.3) is 0 Å². The molecule has 0 saturated carbocycles. The lowest BCUT2D eigenvalue weighted by Crippen LogP contribution is -2.43. The third-order valence-corrected chi connectivity index (χ3v) is 6.99. The highest BCUT2D eigenvalue weighted by Crippen LogP contribution is 2.31.